The number of furan rings is 1. The van der Waals surface area contributed by atoms with E-state index in [0.717, 1.165) is 6.07 Å². The van der Waals surface area contributed by atoms with Crippen LogP contribution in [0.1, 0.15) is 40.4 Å². The van der Waals surface area contributed by atoms with Crippen LogP contribution >= 0.6 is 0 Å². The minimum atomic E-state index is -0.841. The van der Waals surface area contributed by atoms with Gasteiger partial charge in [0.15, 0.2) is 16.9 Å². The molecule has 0 fully saturated rings. The van der Waals surface area contributed by atoms with E-state index in [2.05, 4.69) is 0 Å². The van der Waals surface area contributed by atoms with Crippen LogP contribution < -0.4 is 10.2 Å². The fourth-order valence-electron chi connectivity index (χ4n) is 4.04. The third kappa shape index (κ3) is 3.11. The molecule has 3 heterocycles. The Hall–Kier alpha value is -4.07. The number of phenols is 1. The number of halogens is 1. The van der Waals surface area contributed by atoms with E-state index in [0.29, 0.717) is 17.9 Å². The second-order valence-electron chi connectivity index (χ2n) is 7.39. The van der Waals surface area contributed by atoms with Gasteiger partial charge in [0.05, 0.1) is 36.4 Å². The van der Waals surface area contributed by atoms with Gasteiger partial charge in [-0.15, -0.1) is 0 Å². The molecule has 1 atom stereocenters. The molecule has 1 unspecified atom stereocenters. The van der Waals surface area contributed by atoms with Crippen molar-refractivity contribution < 1.29 is 27.9 Å². The monoisotopic (exact) mass is 435 g/mol. The van der Waals surface area contributed by atoms with E-state index >= 15 is 0 Å². The number of aromatic hydroxyl groups is 1. The molecule has 2 aromatic carbocycles. The van der Waals surface area contributed by atoms with Gasteiger partial charge < -0.3 is 23.6 Å². The van der Waals surface area contributed by atoms with Crippen LogP contribution in [0.25, 0.3) is 11.0 Å². The lowest BCUT2D eigenvalue weighted by atomic mass is 9.98. The summed E-state index contributed by atoms with van der Waals surface area (Å²) in [5.41, 5.74) is 0.274. The minimum Gasteiger partial charge on any atom is -0.504 e. The van der Waals surface area contributed by atoms with Gasteiger partial charge in [0.1, 0.15) is 17.2 Å². The van der Waals surface area contributed by atoms with Gasteiger partial charge in [-0.05, 0) is 55.0 Å². The molecule has 0 spiro atoms. The standard InChI is InChI=1S/C24H18FNO6/c1-2-30-19-10-13(5-7-17(19)27)21-20-22(28)16-11-14(25)6-8-18(16)32-23(20)24(29)26(21)12-15-4-3-9-31-15/h3-11,21,27H,2,12H2,1H3. The lowest BCUT2D eigenvalue weighted by Crippen LogP contribution is -2.29. The first kappa shape index (κ1) is 19.9. The first-order chi connectivity index (χ1) is 15.5. The largest absolute Gasteiger partial charge is 0.504 e. The Labute approximate surface area is 181 Å². The quantitative estimate of drug-likeness (QED) is 0.500. The van der Waals surface area contributed by atoms with Crippen LogP contribution in [-0.2, 0) is 6.54 Å². The maximum absolute atomic E-state index is 13.9. The number of fused-ring (bicyclic) bond motifs is 2. The number of hydrogen-bond donors (Lipinski definition) is 1. The Morgan fingerprint density at radius 2 is 2.00 bits per heavy atom. The van der Waals surface area contributed by atoms with Crippen molar-refractivity contribution in [1.29, 1.82) is 0 Å². The van der Waals surface area contributed by atoms with Crippen LogP contribution in [-0.4, -0.2) is 22.5 Å². The van der Waals surface area contributed by atoms with Gasteiger partial charge in [-0.3, -0.25) is 9.59 Å². The normalized spacial score (nSPS) is 15.4. The van der Waals surface area contributed by atoms with Crippen molar-refractivity contribution in [3.05, 3.63) is 93.5 Å². The van der Waals surface area contributed by atoms with Gasteiger partial charge in [0, 0.05) is 0 Å². The van der Waals surface area contributed by atoms with Crippen LogP contribution in [0.4, 0.5) is 4.39 Å². The van der Waals surface area contributed by atoms with E-state index in [1.807, 2.05) is 0 Å². The molecular weight excluding hydrogens is 417 g/mol. The predicted octanol–water partition coefficient (Wildman–Crippen LogP) is 4.37. The molecule has 8 heteroatoms. The predicted molar refractivity (Wildman–Crippen MR) is 112 cm³/mol. The number of amides is 1. The molecule has 1 aliphatic heterocycles. The Morgan fingerprint density at radius 1 is 1.16 bits per heavy atom. The summed E-state index contributed by atoms with van der Waals surface area (Å²) >= 11 is 0. The molecule has 2 aromatic heterocycles. The molecule has 5 rings (SSSR count). The van der Waals surface area contributed by atoms with Gasteiger partial charge in [-0.25, -0.2) is 4.39 Å². The summed E-state index contributed by atoms with van der Waals surface area (Å²) in [5, 5.41) is 10.2. The maximum Gasteiger partial charge on any atom is 0.291 e. The number of nitrogens with zero attached hydrogens (tertiary/aromatic N) is 1. The molecule has 1 amide bonds. The van der Waals surface area contributed by atoms with E-state index in [-0.39, 0.29) is 40.3 Å². The van der Waals surface area contributed by atoms with Gasteiger partial charge >= 0.3 is 0 Å². The van der Waals surface area contributed by atoms with Crippen molar-refractivity contribution in [3.63, 3.8) is 0 Å². The van der Waals surface area contributed by atoms with E-state index < -0.39 is 23.2 Å². The first-order valence-corrected chi connectivity index (χ1v) is 10.0. The highest BCUT2D eigenvalue weighted by Gasteiger charge is 2.43. The zero-order chi connectivity index (χ0) is 22.4. The molecule has 4 aromatic rings. The molecule has 0 bridgehead atoms. The van der Waals surface area contributed by atoms with Crippen LogP contribution in [0, 0.1) is 5.82 Å². The molecule has 0 aliphatic carbocycles. The maximum atomic E-state index is 13.9. The number of phenolic OH excluding ortho intramolecular Hbond substituents is 1. The molecule has 32 heavy (non-hydrogen) atoms. The Kier molecular flexibility index (Phi) is 4.70. The third-order valence-corrected chi connectivity index (χ3v) is 5.43. The van der Waals surface area contributed by atoms with Gasteiger partial charge in [-0.2, -0.15) is 0 Å². The molecular formula is C24H18FNO6. The summed E-state index contributed by atoms with van der Waals surface area (Å²) in [4.78, 5) is 28.2. The van der Waals surface area contributed by atoms with E-state index in [4.69, 9.17) is 13.6 Å². The van der Waals surface area contributed by atoms with Crippen molar-refractivity contribution in [2.24, 2.45) is 0 Å². The van der Waals surface area contributed by atoms with E-state index in [1.54, 1.807) is 31.2 Å². The van der Waals surface area contributed by atoms with Crippen LogP contribution in [0.5, 0.6) is 11.5 Å². The highest BCUT2D eigenvalue weighted by atomic mass is 19.1. The third-order valence-electron chi connectivity index (χ3n) is 5.43. The fraction of sp³-hybridized carbons (Fsp3) is 0.167. The second kappa shape index (κ2) is 7.56. The highest BCUT2D eigenvalue weighted by molar-refractivity contribution is 5.99. The molecule has 1 N–H and O–H groups in total. The van der Waals surface area contributed by atoms with E-state index in [1.165, 1.54) is 29.4 Å². The molecule has 0 saturated heterocycles. The Balaban J connectivity index is 1.74. The molecule has 162 valence electrons. The summed E-state index contributed by atoms with van der Waals surface area (Å²) in [6.45, 7) is 2.17. The van der Waals surface area contributed by atoms with Crippen molar-refractivity contribution in [1.82, 2.24) is 4.90 Å². The molecule has 0 radical (unpaired) electrons. The number of benzene rings is 2. The summed E-state index contributed by atoms with van der Waals surface area (Å²) in [7, 11) is 0. The number of ether oxygens (including phenoxy) is 1. The molecule has 0 saturated carbocycles. The number of carbonyl (C=O) groups is 1. The summed E-state index contributed by atoms with van der Waals surface area (Å²) in [6, 6.07) is 10.8. The van der Waals surface area contributed by atoms with E-state index in [9.17, 15) is 19.1 Å². The lowest BCUT2D eigenvalue weighted by Gasteiger charge is -2.24. The van der Waals surface area contributed by atoms with Gasteiger partial charge in [0.25, 0.3) is 5.91 Å². The molecule has 7 nitrogen and oxygen atoms in total. The van der Waals surface area contributed by atoms with Crippen LogP contribution in [0.2, 0.25) is 0 Å². The zero-order valence-electron chi connectivity index (χ0n) is 17.0. The fourth-order valence-corrected chi connectivity index (χ4v) is 4.04. The average molecular weight is 435 g/mol. The van der Waals surface area contributed by atoms with Crippen molar-refractivity contribution >= 4 is 16.9 Å². The number of carbonyl (C=O) groups excluding carboxylic acids is 1. The Morgan fingerprint density at radius 3 is 2.75 bits per heavy atom. The van der Waals surface area contributed by atoms with Crippen LogP contribution in [0.15, 0.2) is 68.4 Å². The van der Waals surface area contributed by atoms with Crippen molar-refractivity contribution in [2.75, 3.05) is 6.61 Å². The van der Waals surface area contributed by atoms with Gasteiger partial charge in [-0.1, -0.05) is 6.07 Å². The van der Waals surface area contributed by atoms with Crippen molar-refractivity contribution in [3.8, 4) is 11.5 Å². The Bertz CT molecular complexity index is 1390. The lowest BCUT2D eigenvalue weighted by molar-refractivity contribution is 0.0701. The number of rotatable bonds is 5. The summed E-state index contributed by atoms with van der Waals surface area (Å²) < 4.78 is 30.5. The van der Waals surface area contributed by atoms with Crippen LogP contribution in [0.3, 0.4) is 0 Å². The summed E-state index contributed by atoms with van der Waals surface area (Å²) in [5.74, 6) is -0.498. The average Bonchev–Trinajstić information content (AvgIpc) is 3.38. The SMILES string of the molecule is CCOc1cc(C2c3c(oc4ccc(F)cc4c3=O)C(=O)N2Cc2ccco2)ccc1O. The smallest absolute Gasteiger partial charge is 0.291 e. The zero-order valence-corrected chi connectivity index (χ0v) is 17.0. The minimum absolute atomic E-state index is 0.0465. The van der Waals surface area contributed by atoms with Crippen molar-refractivity contribution in [2.45, 2.75) is 19.5 Å². The van der Waals surface area contributed by atoms with Gasteiger partial charge in [0.2, 0.25) is 5.76 Å². The summed E-state index contributed by atoms with van der Waals surface area (Å²) in [6.07, 6.45) is 1.49. The first-order valence-electron chi connectivity index (χ1n) is 10.0. The topological polar surface area (TPSA) is 93.1 Å². The molecule has 1 aliphatic rings. The number of hydrogen-bond acceptors (Lipinski definition) is 6. The highest BCUT2D eigenvalue weighted by Crippen LogP contribution is 2.41. The second-order valence-corrected chi connectivity index (χ2v) is 7.39.